The van der Waals surface area contributed by atoms with E-state index < -0.39 is 23.8 Å². The second kappa shape index (κ2) is 7.63. The molecule has 1 saturated carbocycles. The molecular weight excluding hydrogens is 456 g/mol. The number of carbonyl (C=O) groups excluding carboxylic acids is 1. The standard InChI is InChI=1S/C21H18ClF2N7O2/c22-17-16(11-4-26-30-19(11)20(18(17)24)27-9-1-2-33-8-9)13-6-31-7-14(28-15(31)5-25-13)29-21(32)10-3-12(10)23/h4-7,9-10,12,27H,1-3,8H2,(H,26,30)(H,29,32). The van der Waals surface area contributed by atoms with Crippen molar-refractivity contribution >= 4 is 45.6 Å². The monoisotopic (exact) mass is 473 g/mol. The van der Waals surface area contributed by atoms with Gasteiger partial charge in [-0.1, -0.05) is 11.6 Å². The molecule has 170 valence electrons. The summed E-state index contributed by atoms with van der Waals surface area (Å²) in [7, 11) is 0. The first-order valence-electron chi connectivity index (χ1n) is 10.5. The first-order chi connectivity index (χ1) is 16.0. The summed E-state index contributed by atoms with van der Waals surface area (Å²) in [6.07, 6.45) is 6.18. The van der Waals surface area contributed by atoms with E-state index in [1.54, 1.807) is 23.0 Å². The van der Waals surface area contributed by atoms with E-state index in [1.807, 2.05) is 0 Å². The van der Waals surface area contributed by atoms with Crippen LogP contribution in [0.3, 0.4) is 0 Å². The van der Waals surface area contributed by atoms with Gasteiger partial charge in [0.15, 0.2) is 17.3 Å². The zero-order valence-electron chi connectivity index (χ0n) is 17.1. The highest BCUT2D eigenvalue weighted by Crippen LogP contribution is 2.41. The number of hydrogen-bond donors (Lipinski definition) is 3. The Morgan fingerprint density at radius 2 is 2.18 bits per heavy atom. The second-order valence-corrected chi connectivity index (χ2v) is 8.63. The van der Waals surface area contributed by atoms with Crippen LogP contribution in [-0.2, 0) is 9.53 Å². The minimum absolute atomic E-state index is 0.0229. The number of H-pyrrole nitrogens is 1. The summed E-state index contributed by atoms with van der Waals surface area (Å²) in [5.41, 5.74) is 1.96. The molecule has 2 fully saturated rings. The fourth-order valence-corrected chi connectivity index (χ4v) is 4.39. The molecule has 0 spiro atoms. The Bertz CT molecular complexity index is 1400. The summed E-state index contributed by atoms with van der Waals surface area (Å²) in [5, 5.41) is 13.2. The lowest BCUT2D eigenvalue weighted by Crippen LogP contribution is -2.20. The Morgan fingerprint density at radius 1 is 1.33 bits per heavy atom. The fraction of sp³-hybridized carbons (Fsp3) is 0.333. The highest BCUT2D eigenvalue weighted by atomic mass is 35.5. The van der Waals surface area contributed by atoms with Gasteiger partial charge >= 0.3 is 0 Å². The van der Waals surface area contributed by atoms with E-state index in [9.17, 15) is 9.18 Å². The van der Waals surface area contributed by atoms with Crippen LogP contribution in [-0.4, -0.2) is 55.9 Å². The lowest BCUT2D eigenvalue weighted by Gasteiger charge is -2.16. The molecule has 33 heavy (non-hydrogen) atoms. The van der Waals surface area contributed by atoms with Crippen LogP contribution >= 0.6 is 11.6 Å². The number of halogens is 3. The predicted molar refractivity (Wildman–Crippen MR) is 118 cm³/mol. The number of imidazole rings is 1. The Labute approximate surface area is 190 Å². The molecule has 1 amide bonds. The van der Waals surface area contributed by atoms with E-state index in [4.69, 9.17) is 16.3 Å². The van der Waals surface area contributed by atoms with Crippen molar-refractivity contribution in [3.63, 3.8) is 0 Å². The van der Waals surface area contributed by atoms with Gasteiger partial charge in [0.2, 0.25) is 5.91 Å². The topological polar surface area (TPSA) is 109 Å². The van der Waals surface area contributed by atoms with Crippen LogP contribution in [0.25, 0.3) is 27.8 Å². The van der Waals surface area contributed by atoms with Crippen LogP contribution in [0.5, 0.6) is 0 Å². The molecule has 3 N–H and O–H groups in total. The maximum absolute atomic E-state index is 15.4. The third kappa shape index (κ3) is 3.47. The first-order valence-corrected chi connectivity index (χ1v) is 10.9. The normalized spacial score (nSPS) is 22.2. The number of anilines is 2. The SMILES string of the molecule is O=C(Nc1cn2cc(-c3c(Cl)c(F)c(NC4CCOC4)c4[nH]ncc34)ncc2n1)C1CC1F. The molecular formula is C21H18ClF2N7O2. The number of amides is 1. The van der Waals surface area contributed by atoms with Crippen molar-refractivity contribution in [1.29, 1.82) is 0 Å². The Morgan fingerprint density at radius 3 is 2.94 bits per heavy atom. The largest absolute Gasteiger partial charge is 0.379 e. The van der Waals surface area contributed by atoms with Crippen molar-refractivity contribution in [2.24, 2.45) is 5.92 Å². The average molecular weight is 474 g/mol. The van der Waals surface area contributed by atoms with E-state index in [-0.39, 0.29) is 29.0 Å². The van der Waals surface area contributed by atoms with Crippen LogP contribution in [0.2, 0.25) is 5.02 Å². The molecule has 1 saturated heterocycles. The van der Waals surface area contributed by atoms with Crippen LogP contribution in [0.4, 0.5) is 20.3 Å². The smallest absolute Gasteiger partial charge is 0.231 e. The Balaban J connectivity index is 1.38. The van der Waals surface area contributed by atoms with E-state index in [1.165, 1.54) is 6.20 Å². The second-order valence-electron chi connectivity index (χ2n) is 8.25. The lowest BCUT2D eigenvalue weighted by molar-refractivity contribution is -0.117. The summed E-state index contributed by atoms with van der Waals surface area (Å²) in [5.74, 6) is -1.36. The fourth-order valence-electron chi connectivity index (χ4n) is 4.09. The summed E-state index contributed by atoms with van der Waals surface area (Å²) in [6, 6.07) is -0.0229. The highest BCUT2D eigenvalue weighted by Gasteiger charge is 2.43. The van der Waals surface area contributed by atoms with Crippen molar-refractivity contribution in [1.82, 2.24) is 24.6 Å². The van der Waals surface area contributed by atoms with Gasteiger partial charge in [-0.2, -0.15) is 5.10 Å². The molecule has 1 aliphatic carbocycles. The maximum atomic E-state index is 15.4. The summed E-state index contributed by atoms with van der Waals surface area (Å²) in [4.78, 5) is 20.7. The lowest BCUT2D eigenvalue weighted by atomic mass is 10.0. The molecule has 3 aromatic heterocycles. The van der Waals surface area contributed by atoms with E-state index in [2.05, 4.69) is 30.8 Å². The van der Waals surface area contributed by atoms with Gasteiger partial charge in [-0.15, -0.1) is 0 Å². The summed E-state index contributed by atoms with van der Waals surface area (Å²) in [6.45, 7) is 1.10. The number of benzene rings is 1. The van der Waals surface area contributed by atoms with Gasteiger partial charge in [0.05, 0.1) is 59.1 Å². The first kappa shape index (κ1) is 20.3. The number of aromatic amines is 1. The number of ether oxygens (including phenoxy) is 1. The van der Waals surface area contributed by atoms with Gasteiger partial charge in [-0.05, 0) is 12.8 Å². The van der Waals surface area contributed by atoms with Crippen molar-refractivity contribution in [3.05, 3.63) is 35.6 Å². The van der Waals surface area contributed by atoms with E-state index in [0.29, 0.717) is 41.0 Å². The zero-order valence-corrected chi connectivity index (χ0v) is 17.9. The quantitative estimate of drug-likeness (QED) is 0.409. The molecule has 1 aliphatic heterocycles. The van der Waals surface area contributed by atoms with Gasteiger partial charge in [0.1, 0.15) is 6.17 Å². The predicted octanol–water partition coefficient (Wildman–Crippen LogP) is 3.56. The molecule has 9 nitrogen and oxygen atoms in total. The number of rotatable bonds is 5. The summed E-state index contributed by atoms with van der Waals surface area (Å²) < 4.78 is 35.5. The molecule has 0 radical (unpaired) electrons. The number of alkyl halides is 1. The van der Waals surface area contributed by atoms with Crippen molar-refractivity contribution in [3.8, 4) is 11.3 Å². The number of nitrogens with one attached hydrogen (secondary N) is 3. The Kier molecular flexibility index (Phi) is 4.70. The van der Waals surface area contributed by atoms with Gasteiger partial charge in [0, 0.05) is 23.8 Å². The number of nitrogens with zero attached hydrogens (tertiary/aromatic N) is 4. The molecule has 3 atom stereocenters. The summed E-state index contributed by atoms with van der Waals surface area (Å²) >= 11 is 6.49. The minimum Gasteiger partial charge on any atom is -0.379 e. The number of aromatic nitrogens is 5. The highest BCUT2D eigenvalue weighted by molar-refractivity contribution is 6.35. The Hall–Kier alpha value is -3.31. The molecule has 4 aromatic rings. The van der Waals surface area contributed by atoms with Crippen molar-refractivity contribution in [2.75, 3.05) is 23.8 Å². The average Bonchev–Trinajstić information content (AvgIpc) is 3.22. The van der Waals surface area contributed by atoms with Gasteiger partial charge in [-0.25, -0.2) is 13.8 Å². The minimum atomic E-state index is -1.09. The van der Waals surface area contributed by atoms with Gasteiger partial charge in [-0.3, -0.25) is 14.9 Å². The molecule has 1 aromatic carbocycles. The number of hydrogen-bond acceptors (Lipinski definition) is 6. The number of fused-ring (bicyclic) bond motifs is 2. The molecule has 6 rings (SSSR count). The van der Waals surface area contributed by atoms with Crippen molar-refractivity contribution in [2.45, 2.75) is 25.1 Å². The van der Waals surface area contributed by atoms with Gasteiger partial charge < -0.3 is 19.8 Å². The van der Waals surface area contributed by atoms with Crippen LogP contribution in [0.15, 0.2) is 24.8 Å². The zero-order chi connectivity index (χ0) is 22.7. The van der Waals surface area contributed by atoms with Crippen LogP contribution in [0, 0.1) is 11.7 Å². The van der Waals surface area contributed by atoms with E-state index >= 15 is 4.39 Å². The molecule has 0 bridgehead atoms. The van der Waals surface area contributed by atoms with Gasteiger partial charge in [0.25, 0.3) is 0 Å². The number of carbonyl (C=O) groups is 1. The van der Waals surface area contributed by atoms with E-state index in [0.717, 1.165) is 6.42 Å². The maximum Gasteiger partial charge on any atom is 0.231 e. The van der Waals surface area contributed by atoms with Crippen molar-refractivity contribution < 1.29 is 18.3 Å². The molecule has 2 aliphatic rings. The van der Waals surface area contributed by atoms with Crippen LogP contribution in [0.1, 0.15) is 12.8 Å². The molecule has 12 heteroatoms. The van der Waals surface area contributed by atoms with Crippen LogP contribution < -0.4 is 10.6 Å². The molecule has 3 unspecified atom stereocenters. The molecule has 4 heterocycles. The third-order valence-electron chi connectivity index (χ3n) is 5.97. The third-order valence-corrected chi connectivity index (χ3v) is 6.32.